The molecule has 2 saturated heterocycles. The van der Waals surface area contributed by atoms with Crippen molar-refractivity contribution >= 4 is 49.9 Å². The minimum Gasteiger partial charge on any atom is -0.495 e. The first-order chi connectivity index (χ1) is 17.4. The van der Waals surface area contributed by atoms with Crippen molar-refractivity contribution in [2.75, 3.05) is 64.2 Å². The lowest BCUT2D eigenvalue weighted by atomic mass is 10.0. The molecule has 4 heterocycles. The molecule has 0 saturated carbocycles. The highest BCUT2D eigenvalue weighted by atomic mass is 35.5. The molecule has 0 bridgehead atoms. The van der Waals surface area contributed by atoms with Gasteiger partial charge in [0.1, 0.15) is 17.2 Å². The molecule has 194 valence electrons. The van der Waals surface area contributed by atoms with Gasteiger partial charge in [0.25, 0.3) is 0 Å². The van der Waals surface area contributed by atoms with Crippen molar-refractivity contribution in [1.29, 1.82) is 0 Å². The smallest absolute Gasteiger partial charge is 0.243 e. The Morgan fingerprint density at radius 2 is 1.89 bits per heavy atom. The van der Waals surface area contributed by atoms with E-state index in [1.54, 1.807) is 28.7 Å². The van der Waals surface area contributed by atoms with Gasteiger partial charge in [-0.1, -0.05) is 11.6 Å². The maximum atomic E-state index is 13.4. The van der Waals surface area contributed by atoms with E-state index >= 15 is 0 Å². The number of H-pyrrole nitrogens is 1. The monoisotopic (exact) mass is 534 g/mol. The van der Waals surface area contributed by atoms with E-state index in [1.807, 2.05) is 13.1 Å². The van der Waals surface area contributed by atoms with Crippen molar-refractivity contribution in [3.05, 3.63) is 35.5 Å². The number of piperidine rings is 1. The quantitative estimate of drug-likeness (QED) is 0.422. The predicted octanol–water partition coefficient (Wildman–Crippen LogP) is 3.50. The van der Waals surface area contributed by atoms with Gasteiger partial charge in [-0.15, -0.1) is 0 Å². The van der Waals surface area contributed by atoms with Crippen molar-refractivity contribution in [2.24, 2.45) is 0 Å². The highest BCUT2D eigenvalue weighted by Gasteiger charge is 2.32. The number of aromatic amines is 1. The Balaban J connectivity index is 1.33. The fourth-order valence-electron chi connectivity index (χ4n) is 4.97. The van der Waals surface area contributed by atoms with Gasteiger partial charge in [0.2, 0.25) is 10.0 Å². The number of sulfonamides is 1. The fraction of sp³-hybridized carbons (Fsp3) is 0.458. The number of hydrogen-bond donors (Lipinski definition) is 3. The molecule has 0 unspecified atom stereocenters. The van der Waals surface area contributed by atoms with Gasteiger partial charge in [-0.25, -0.2) is 13.4 Å². The molecule has 0 radical (unpaired) electrons. The van der Waals surface area contributed by atoms with Crippen molar-refractivity contribution < 1.29 is 17.9 Å². The predicted molar refractivity (Wildman–Crippen MR) is 141 cm³/mol. The molecule has 5 rings (SSSR count). The number of morpholine rings is 1. The molecule has 1 aromatic carbocycles. The summed E-state index contributed by atoms with van der Waals surface area (Å²) < 4.78 is 39.4. The maximum Gasteiger partial charge on any atom is 0.243 e. The normalized spacial score (nSPS) is 18.4. The number of nitrogens with zero attached hydrogens (tertiary/aromatic N) is 3. The van der Waals surface area contributed by atoms with Crippen molar-refractivity contribution in [3.63, 3.8) is 0 Å². The molecule has 0 spiro atoms. The van der Waals surface area contributed by atoms with Crippen molar-refractivity contribution in [3.8, 4) is 5.75 Å². The number of methoxy groups -OCH3 is 1. The van der Waals surface area contributed by atoms with Crippen LogP contribution in [-0.4, -0.2) is 87.2 Å². The van der Waals surface area contributed by atoms with Crippen molar-refractivity contribution in [2.45, 2.75) is 23.8 Å². The Kier molecular flexibility index (Phi) is 7.27. The lowest BCUT2D eigenvalue weighted by Crippen LogP contribution is -2.50. The zero-order chi connectivity index (χ0) is 25.3. The molecule has 36 heavy (non-hydrogen) atoms. The molecule has 12 heteroatoms. The van der Waals surface area contributed by atoms with Crippen LogP contribution in [0.15, 0.2) is 35.4 Å². The van der Waals surface area contributed by atoms with Crippen LogP contribution in [0.25, 0.3) is 11.0 Å². The number of halogens is 1. The third-order valence-corrected chi connectivity index (χ3v) is 9.11. The second-order valence-corrected chi connectivity index (χ2v) is 11.3. The van der Waals surface area contributed by atoms with Crippen LogP contribution in [0.5, 0.6) is 5.75 Å². The third-order valence-electron chi connectivity index (χ3n) is 6.92. The van der Waals surface area contributed by atoms with Gasteiger partial charge < -0.3 is 25.1 Å². The SMILES string of the molecule is CNc1cc(Nc2ccc(S(=O)(=O)N3CCC(N4CCOCC4)CC3)cc2OC)nc2[nH]cc(Cl)c12. The molecule has 0 atom stereocenters. The number of hydrogen-bond acceptors (Lipinski definition) is 8. The summed E-state index contributed by atoms with van der Waals surface area (Å²) in [4.78, 5) is 10.3. The van der Waals surface area contributed by atoms with Gasteiger partial charge in [0.05, 0.1) is 47.0 Å². The second-order valence-electron chi connectivity index (χ2n) is 8.94. The number of pyridine rings is 1. The van der Waals surface area contributed by atoms with E-state index in [0.29, 0.717) is 47.1 Å². The lowest BCUT2D eigenvalue weighted by molar-refractivity contribution is 0.00610. The number of ether oxygens (including phenoxy) is 2. The van der Waals surface area contributed by atoms with Gasteiger partial charge in [0.15, 0.2) is 0 Å². The van der Waals surface area contributed by atoms with Crippen LogP contribution in [0.3, 0.4) is 0 Å². The van der Waals surface area contributed by atoms with Gasteiger partial charge in [-0.05, 0) is 25.0 Å². The largest absolute Gasteiger partial charge is 0.495 e. The number of nitrogens with one attached hydrogen (secondary N) is 3. The summed E-state index contributed by atoms with van der Waals surface area (Å²) in [5.74, 6) is 0.973. The van der Waals surface area contributed by atoms with Gasteiger partial charge in [-0.3, -0.25) is 4.90 Å². The summed E-state index contributed by atoms with van der Waals surface area (Å²) in [5.41, 5.74) is 2.05. The average Bonchev–Trinajstić information content (AvgIpc) is 3.29. The van der Waals surface area contributed by atoms with E-state index in [9.17, 15) is 8.42 Å². The Bertz CT molecular complexity index is 1330. The minimum absolute atomic E-state index is 0.213. The van der Waals surface area contributed by atoms with Crippen molar-refractivity contribution in [1.82, 2.24) is 19.2 Å². The Morgan fingerprint density at radius 1 is 1.14 bits per heavy atom. The van der Waals surface area contributed by atoms with Crippen LogP contribution in [0.1, 0.15) is 12.8 Å². The lowest BCUT2D eigenvalue weighted by Gasteiger charge is -2.39. The maximum absolute atomic E-state index is 13.4. The van der Waals surface area contributed by atoms with Crippen LogP contribution in [0.4, 0.5) is 17.2 Å². The standard InChI is InChI=1S/C24H31ClN6O4S/c1-26-20-14-22(29-24-23(20)18(25)15-27-24)28-19-4-3-17(13-21(19)34-2)36(32,33)31-7-5-16(6-8-31)30-9-11-35-12-10-30/h3-4,13-16H,5-12H2,1-2H3,(H3,26,27,28,29). The molecule has 2 fully saturated rings. The number of rotatable bonds is 7. The fourth-order valence-corrected chi connectivity index (χ4v) is 6.70. The Morgan fingerprint density at radius 3 is 2.58 bits per heavy atom. The average molecular weight is 535 g/mol. The zero-order valence-corrected chi connectivity index (χ0v) is 22.0. The molecule has 2 aromatic heterocycles. The van der Waals surface area contributed by atoms with E-state index in [0.717, 1.165) is 50.2 Å². The topological polar surface area (TPSA) is 112 Å². The van der Waals surface area contributed by atoms with Crippen LogP contribution in [0.2, 0.25) is 5.02 Å². The number of aromatic nitrogens is 2. The first kappa shape index (κ1) is 25.1. The van der Waals surface area contributed by atoms with Crippen LogP contribution in [0, 0.1) is 0 Å². The molecule has 0 amide bonds. The Labute approximate surface area is 216 Å². The molecular formula is C24H31ClN6O4S. The van der Waals surface area contributed by atoms with E-state index in [1.165, 1.54) is 7.11 Å². The zero-order valence-electron chi connectivity index (χ0n) is 20.4. The number of anilines is 3. The first-order valence-electron chi connectivity index (χ1n) is 12.0. The molecule has 3 aromatic rings. The summed E-state index contributed by atoms with van der Waals surface area (Å²) >= 11 is 6.27. The summed E-state index contributed by atoms with van der Waals surface area (Å²) in [6.07, 6.45) is 3.33. The molecule has 0 aliphatic carbocycles. The van der Waals surface area contributed by atoms with Gasteiger partial charge in [0, 0.05) is 57.6 Å². The van der Waals surface area contributed by atoms with E-state index < -0.39 is 10.0 Å². The van der Waals surface area contributed by atoms with E-state index in [-0.39, 0.29) is 4.90 Å². The van der Waals surface area contributed by atoms with Gasteiger partial charge in [-0.2, -0.15) is 4.31 Å². The van der Waals surface area contributed by atoms with E-state index in [2.05, 4.69) is 25.5 Å². The molecule has 2 aliphatic rings. The minimum atomic E-state index is -3.64. The highest BCUT2D eigenvalue weighted by molar-refractivity contribution is 7.89. The summed E-state index contributed by atoms with van der Waals surface area (Å²) in [7, 11) is -0.308. The number of fused-ring (bicyclic) bond motifs is 1. The number of benzene rings is 1. The summed E-state index contributed by atoms with van der Waals surface area (Å²) in [6, 6.07) is 7.12. The highest BCUT2D eigenvalue weighted by Crippen LogP contribution is 2.35. The van der Waals surface area contributed by atoms with E-state index in [4.69, 9.17) is 21.1 Å². The molecule has 2 aliphatic heterocycles. The van der Waals surface area contributed by atoms with Gasteiger partial charge >= 0.3 is 0 Å². The third kappa shape index (κ3) is 4.85. The van der Waals surface area contributed by atoms with Crippen LogP contribution < -0.4 is 15.4 Å². The Hall–Kier alpha value is -2.57. The van der Waals surface area contributed by atoms with Crippen LogP contribution >= 0.6 is 11.6 Å². The first-order valence-corrected chi connectivity index (χ1v) is 13.8. The van der Waals surface area contributed by atoms with Crippen LogP contribution in [-0.2, 0) is 14.8 Å². The molecular weight excluding hydrogens is 504 g/mol. The summed E-state index contributed by atoms with van der Waals surface area (Å²) in [6.45, 7) is 4.33. The molecule has 10 nitrogen and oxygen atoms in total. The summed E-state index contributed by atoms with van der Waals surface area (Å²) in [5, 5.41) is 7.75. The second kappa shape index (κ2) is 10.4. The molecule has 3 N–H and O–H groups in total.